The van der Waals surface area contributed by atoms with Gasteiger partial charge in [0, 0.05) is 17.0 Å². The van der Waals surface area contributed by atoms with Gasteiger partial charge in [0.15, 0.2) is 0 Å². The summed E-state index contributed by atoms with van der Waals surface area (Å²) in [6.45, 7) is 4.34. The molecule has 2 heteroatoms. The predicted octanol–water partition coefficient (Wildman–Crippen LogP) is 3.22. The Bertz CT molecular complexity index is 179. The van der Waals surface area contributed by atoms with Crippen molar-refractivity contribution < 1.29 is 0 Å². The molecule has 1 fully saturated rings. The molecule has 1 saturated carbocycles. The van der Waals surface area contributed by atoms with Crippen molar-refractivity contribution in [1.29, 1.82) is 0 Å². The SMILES string of the molecule is CNC(C=C(C)C)CSC1CCCC1. The van der Waals surface area contributed by atoms with Crippen LogP contribution in [0.3, 0.4) is 0 Å². The summed E-state index contributed by atoms with van der Waals surface area (Å²) in [5.74, 6) is 1.23. The first kappa shape index (κ1) is 12.1. The number of hydrogen-bond donors (Lipinski definition) is 1. The van der Waals surface area contributed by atoms with E-state index in [1.165, 1.54) is 37.0 Å². The molecule has 1 unspecified atom stereocenters. The molecule has 0 aromatic carbocycles. The van der Waals surface area contributed by atoms with E-state index in [1.807, 2.05) is 0 Å². The Balaban J connectivity index is 2.22. The molecule has 1 atom stereocenters. The van der Waals surface area contributed by atoms with Crippen LogP contribution in [-0.2, 0) is 0 Å². The van der Waals surface area contributed by atoms with E-state index in [0.29, 0.717) is 6.04 Å². The summed E-state index contributed by atoms with van der Waals surface area (Å²) in [6, 6.07) is 0.561. The molecule has 0 aromatic heterocycles. The second kappa shape index (κ2) is 6.52. The summed E-state index contributed by atoms with van der Waals surface area (Å²) in [6.07, 6.45) is 8.11. The molecule has 0 saturated heterocycles. The maximum absolute atomic E-state index is 3.36. The van der Waals surface area contributed by atoms with E-state index in [1.54, 1.807) is 0 Å². The lowest BCUT2D eigenvalue weighted by molar-refractivity contribution is 0.730. The zero-order valence-electron chi connectivity index (χ0n) is 9.68. The molecule has 0 aromatic rings. The van der Waals surface area contributed by atoms with E-state index in [0.717, 1.165) is 5.25 Å². The average Bonchev–Trinajstić information content (AvgIpc) is 2.64. The minimum Gasteiger partial charge on any atom is -0.313 e. The third-order valence-electron chi connectivity index (χ3n) is 2.72. The Hall–Kier alpha value is 0.0500. The van der Waals surface area contributed by atoms with Crippen LogP contribution in [0.25, 0.3) is 0 Å². The minimum atomic E-state index is 0.561. The first-order valence-electron chi connectivity index (χ1n) is 5.66. The highest BCUT2D eigenvalue weighted by Gasteiger charge is 2.16. The summed E-state index contributed by atoms with van der Waals surface area (Å²) in [7, 11) is 2.05. The van der Waals surface area contributed by atoms with E-state index in [4.69, 9.17) is 0 Å². The Morgan fingerprint density at radius 1 is 1.43 bits per heavy atom. The van der Waals surface area contributed by atoms with Crippen molar-refractivity contribution in [3.05, 3.63) is 11.6 Å². The molecule has 0 aliphatic heterocycles. The van der Waals surface area contributed by atoms with Crippen molar-refractivity contribution >= 4 is 11.8 Å². The molecule has 1 aliphatic carbocycles. The molecule has 82 valence electrons. The molecule has 0 radical (unpaired) electrons. The Morgan fingerprint density at radius 3 is 2.57 bits per heavy atom. The molecule has 1 N–H and O–H groups in total. The van der Waals surface area contributed by atoms with Crippen LogP contribution in [0.1, 0.15) is 39.5 Å². The maximum atomic E-state index is 3.36. The van der Waals surface area contributed by atoms with Gasteiger partial charge in [-0.3, -0.25) is 0 Å². The standard InChI is InChI=1S/C12H23NS/c1-10(2)8-11(13-3)9-14-12-6-4-5-7-12/h8,11-13H,4-7,9H2,1-3H3. The molecule has 14 heavy (non-hydrogen) atoms. The lowest BCUT2D eigenvalue weighted by Crippen LogP contribution is -2.26. The van der Waals surface area contributed by atoms with Crippen molar-refractivity contribution in [2.75, 3.05) is 12.8 Å². The van der Waals surface area contributed by atoms with Crippen molar-refractivity contribution in [3.63, 3.8) is 0 Å². The van der Waals surface area contributed by atoms with Gasteiger partial charge in [-0.2, -0.15) is 11.8 Å². The first-order chi connectivity index (χ1) is 6.72. The Morgan fingerprint density at radius 2 is 2.07 bits per heavy atom. The van der Waals surface area contributed by atoms with Crippen LogP contribution in [0.4, 0.5) is 0 Å². The quantitative estimate of drug-likeness (QED) is 0.704. The number of likely N-dealkylation sites (N-methyl/N-ethyl adjacent to an activating group) is 1. The van der Waals surface area contributed by atoms with Gasteiger partial charge < -0.3 is 5.32 Å². The second-order valence-corrected chi connectivity index (χ2v) is 5.71. The van der Waals surface area contributed by atoms with Crippen LogP contribution in [0.5, 0.6) is 0 Å². The molecule has 1 rings (SSSR count). The van der Waals surface area contributed by atoms with Gasteiger partial charge in [0.1, 0.15) is 0 Å². The summed E-state index contributed by atoms with van der Waals surface area (Å²) in [4.78, 5) is 0. The highest BCUT2D eigenvalue weighted by molar-refractivity contribution is 7.99. The van der Waals surface area contributed by atoms with Crippen LogP contribution in [-0.4, -0.2) is 24.1 Å². The maximum Gasteiger partial charge on any atom is 0.0341 e. The summed E-state index contributed by atoms with van der Waals surface area (Å²) >= 11 is 2.15. The third-order valence-corrected chi connectivity index (χ3v) is 4.21. The molecule has 0 spiro atoms. The van der Waals surface area contributed by atoms with Gasteiger partial charge >= 0.3 is 0 Å². The molecular weight excluding hydrogens is 190 g/mol. The number of rotatable bonds is 5. The number of allylic oxidation sites excluding steroid dienone is 1. The summed E-state index contributed by atoms with van der Waals surface area (Å²) in [5, 5.41) is 4.30. The zero-order chi connectivity index (χ0) is 10.4. The van der Waals surface area contributed by atoms with Crippen LogP contribution < -0.4 is 5.32 Å². The fraction of sp³-hybridized carbons (Fsp3) is 0.833. The van der Waals surface area contributed by atoms with Crippen LogP contribution >= 0.6 is 11.8 Å². The van der Waals surface area contributed by atoms with Crippen molar-refractivity contribution in [1.82, 2.24) is 5.32 Å². The number of hydrogen-bond acceptors (Lipinski definition) is 2. The molecule has 0 heterocycles. The zero-order valence-corrected chi connectivity index (χ0v) is 10.5. The topological polar surface area (TPSA) is 12.0 Å². The number of nitrogens with one attached hydrogen (secondary N) is 1. The molecule has 1 aliphatic rings. The molecular formula is C12H23NS. The van der Waals surface area contributed by atoms with Gasteiger partial charge in [-0.05, 0) is 33.7 Å². The Kier molecular flexibility index (Phi) is 5.64. The third kappa shape index (κ3) is 4.52. The van der Waals surface area contributed by atoms with Crippen LogP contribution in [0.2, 0.25) is 0 Å². The first-order valence-corrected chi connectivity index (χ1v) is 6.71. The monoisotopic (exact) mass is 213 g/mol. The molecule has 0 bridgehead atoms. The largest absolute Gasteiger partial charge is 0.313 e. The second-order valence-electron chi connectivity index (χ2n) is 4.38. The lowest BCUT2D eigenvalue weighted by Gasteiger charge is -2.15. The van der Waals surface area contributed by atoms with Gasteiger partial charge in [-0.25, -0.2) is 0 Å². The minimum absolute atomic E-state index is 0.561. The van der Waals surface area contributed by atoms with Crippen molar-refractivity contribution in [2.45, 2.75) is 50.8 Å². The van der Waals surface area contributed by atoms with Crippen molar-refractivity contribution in [3.8, 4) is 0 Å². The van der Waals surface area contributed by atoms with E-state index >= 15 is 0 Å². The van der Waals surface area contributed by atoms with Gasteiger partial charge in [0.2, 0.25) is 0 Å². The van der Waals surface area contributed by atoms with E-state index in [9.17, 15) is 0 Å². The predicted molar refractivity (Wildman–Crippen MR) is 67.0 cm³/mol. The normalized spacial score (nSPS) is 19.6. The highest BCUT2D eigenvalue weighted by atomic mass is 32.2. The summed E-state index contributed by atoms with van der Waals surface area (Å²) in [5.41, 5.74) is 1.41. The number of thioether (sulfide) groups is 1. The van der Waals surface area contributed by atoms with Gasteiger partial charge in [-0.15, -0.1) is 0 Å². The van der Waals surface area contributed by atoms with E-state index in [-0.39, 0.29) is 0 Å². The van der Waals surface area contributed by atoms with Crippen molar-refractivity contribution in [2.24, 2.45) is 0 Å². The fourth-order valence-corrected chi connectivity index (χ4v) is 3.32. The van der Waals surface area contributed by atoms with Crippen LogP contribution in [0.15, 0.2) is 11.6 Å². The highest BCUT2D eigenvalue weighted by Crippen LogP contribution is 2.29. The van der Waals surface area contributed by atoms with E-state index < -0.39 is 0 Å². The molecule has 1 nitrogen and oxygen atoms in total. The lowest BCUT2D eigenvalue weighted by atomic mass is 10.2. The van der Waals surface area contributed by atoms with Gasteiger partial charge in [0.05, 0.1) is 0 Å². The Labute approximate surface area is 92.7 Å². The average molecular weight is 213 g/mol. The van der Waals surface area contributed by atoms with Crippen LogP contribution in [0, 0.1) is 0 Å². The fourth-order valence-electron chi connectivity index (χ4n) is 1.91. The summed E-state index contributed by atoms with van der Waals surface area (Å²) < 4.78 is 0. The van der Waals surface area contributed by atoms with Gasteiger partial charge in [-0.1, -0.05) is 24.5 Å². The smallest absolute Gasteiger partial charge is 0.0341 e. The molecule has 0 amide bonds. The van der Waals surface area contributed by atoms with Gasteiger partial charge in [0.25, 0.3) is 0 Å². The van der Waals surface area contributed by atoms with E-state index in [2.05, 4.69) is 44.0 Å².